The van der Waals surface area contributed by atoms with Crippen molar-refractivity contribution in [3.05, 3.63) is 36.5 Å². The van der Waals surface area contributed by atoms with E-state index in [0.29, 0.717) is 13.0 Å². The number of ether oxygens (including phenoxy) is 2. The van der Waals surface area contributed by atoms with E-state index in [9.17, 15) is 19.0 Å². The highest BCUT2D eigenvalue weighted by Gasteiger charge is 2.26. The first-order valence-electron chi connectivity index (χ1n) is 22.9. The third-order valence-corrected chi connectivity index (χ3v) is 10.7. The number of carbonyl (C=O) groups excluding carboxylic acids is 2. The van der Waals surface area contributed by atoms with E-state index in [-0.39, 0.29) is 32.0 Å². The molecule has 9 nitrogen and oxygen atoms in total. The van der Waals surface area contributed by atoms with E-state index < -0.39 is 26.5 Å². The molecular weight excluding hydrogens is 725 g/mol. The molecule has 328 valence electrons. The smallest absolute Gasteiger partial charge is 0.462 e. The first kappa shape index (κ1) is 54.2. The molecule has 0 bridgehead atoms. The summed E-state index contributed by atoms with van der Waals surface area (Å²) < 4.78 is 33.2. The van der Waals surface area contributed by atoms with E-state index in [4.69, 9.17) is 18.5 Å². The molecule has 0 aromatic heterocycles. The lowest BCUT2D eigenvalue weighted by Crippen LogP contribution is -2.29. The summed E-state index contributed by atoms with van der Waals surface area (Å²) in [5.41, 5.74) is 0. The number of phosphoric ester groups is 1. The van der Waals surface area contributed by atoms with Crippen molar-refractivity contribution >= 4 is 19.8 Å². The van der Waals surface area contributed by atoms with Crippen molar-refractivity contribution in [3.8, 4) is 0 Å². The van der Waals surface area contributed by atoms with Gasteiger partial charge in [0.05, 0.1) is 13.2 Å². The van der Waals surface area contributed by atoms with Crippen LogP contribution in [0.15, 0.2) is 36.5 Å². The minimum Gasteiger partial charge on any atom is -0.462 e. The first-order valence-corrected chi connectivity index (χ1v) is 24.4. The zero-order chi connectivity index (χ0) is 41.1. The van der Waals surface area contributed by atoms with Crippen molar-refractivity contribution in [2.24, 2.45) is 0 Å². The molecule has 56 heavy (non-hydrogen) atoms. The summed E-state index contributed by atoms with van der Waals surface area (Å²) in [6, 6.07) is 0. The number of carbonyl (C=O) groups is 2. The number of likely N-dealkylation sites (N-methyl/N-ethyl adjacent to an activating group) is 1. The Morgan fingerprint density at radius 2 is 0.964 bits per heavy atom. The van der Waals surface area contributed by atoms with Crippen LogP contribution < -0.4 is 5.32 Å². The summed E-state index contributed by atoms with van der Waals surface area (Å²) in [6.45, 7) is 4.19. The molecule has 2 atom stereocenters. The Labute approximate surface area is 344 Å². The topological polar surface area (TPSA) is 120 Å². The normalized spacial score (nSPS) is 13.6. The van der Waals surface area contributed by atoms with E-state index in [2.05, 4.69) is 55.6 Å². The molecule has 0 heterocycles. The summed E-state index contributed by atoms with van der Waals surface area (Å²) in [5, 5.41) is 2.83. The molecule has 0 rings (SSSR count). The monoisotopic (exact) mass is 812 g/mol. The van der Waals surface area contributed by atoms with Crippen molar-refractivity contribution in [2.45, 2.75) is 213 Å². The molecule has 0 aromatic carbocycles. The Kier molecular flexibility index (Phi) is 41.5. The summed E-state index contributed by atoms with van der Waals surface area (Å²) in [4.78, 5) is 35.1. The van der Waals surface area contributed by atoms with Crippen molar-refractivity contribution in [1.29, 1.82) is 0 Å². The number of esters is 2. The van der Waals surface area contributed by atoms with Crippen LogP contribution in [0.2, 0.25) is 0 Å². The summed E-state index contributed by atoms with van der Waals surface area (Å²) in [7, 11) is -2.65. The molecule has 0 aliphatic heterocycles. The second-order valence-electron chi connectivity index (χ2n) is 15.2. The maximum Gasteiger partial charge on any atom is 0.472 e. The van der Waals surface area contributed by atoms with Crippen LogP contribution in [0, 0.1) is 0 Å². The van der Waals surface area contributed by atoms with Gasteiger partial charge < -0.3 is 19.7 Å². The standard InChI is InChI=1S/C46H86NO8P/c1-4-6-8-10-12-14-16-18-20-21-22-23-25-27-29-31-33-35-37-39-46(49)55-44(43-54-56(50,51)53-41-40-47-3)42-52-45(48)38-36-34-32-30-28-26-24-19-17-15-13-11-9-7-5-2/h12,14-15,17-18,20,44,47H,4-11,13,16,19,21-43H2,1-3H3,(H,50,51)/b14-12-,17-15-,20-18-. The lowest BCUT2D eigenvalue weighted by atomic mass is 10.1. The van der Waals surface area contributed by atoms with Gasteiger partial charge in [0, 0.05) is 19.4 Å². The summed E-state index contributed by atoms with van der Waals surface area (Å²) in [6.07, 6.45) is 46.1. The summed E-state index contributed by atoms with van der Waals surface area (Å²) >= 11 is 0. The molecule has 0 aliphatic carbocycles. The lowest BCUT2D eigenvalue weighted by Gasteiger charge is -2.20. The van der Waals surface area contributed by atoms with Gasteiger partial charge in [-0.2, -0.15) is 0 Å². The first-order chi connectivity index (χ1) is 27.3. The third-order valence-electron chi connectivity index (χ3n) is 9.73. The highest BCUT2D eigenvalue weighted by atomic mass is 31.2. The van der Waals surface area contributed by atoms with E-state index in [1.54, 1.807) is 7.05 Å². The van der Waals surface area contributed by atoms with Crippen LogP contribution in [0.5, 0.6) is 0 Å². The van der Waals surface area contributed by atoms with Crippen LogP contribution in [0.1, 0.15) is 206 Å². The maximum absolute atomic E-state index is 12.6. The van der Waals surface area contributed by atoms with Crippen molar-refractivity contribution in [3.63, 3.8) is 0 Å². The molecule has 0 amide bonds. The van der Waals surface area contributed by atoms with Gasteiger partial charge in [-0.3, -0.25) is 18.6 Å². The Morgan fingerprint density at radius 3 is 1.46 bits per heavy atom. The fourth-order valence-corrected chi connectivity index (χ4v) is 6.98. The van der Waals surface area contributed by atoms with E-state index >= 15 is 0 Å². The lowest BCUT2D eigenvalue weighted by molar-refractivity contribution is -0.161. The Morgan fingerprint density at radius 1 is 0.554 bits per heavy atom. The van der Waals surface area contributed by atoms with Crippen molar-refractivity contribution in [2.75, 3.05) is 33.4 Å². The second kappa shape index (κ2) is 42.8. The van der Waals surface area contributed by atoms with E-state index in [0.717, 1.165) is 57.8 Å². The van der Waals surface area contributed by atoms with Crippen molar-refractivity contribution in [1.82, 2.24) is 5.32 Å². The number of allylic oxidation sites excluding steroid dienone is 6. The molecule has 0 aromatic rings. The van der Waals surface area contributed by atoms with Crippen LogP contribution in [0.3, 0.4) is 0 Å². The zero-order valence-corrected chi connectivity index (χ0v) is 37.2. The van der Waals surface area contributed by atoms with Crippen LogP contribution in [-0.2, 0) is 32.7 Å². The molecule has 0 fully saturated rings. The molecule has 2 unspecified atom stereocenters. The molecule has 0 spiro atoms. The fraction of sp³-hybridized carbons (Fsp3) is 0.826. The molecule has 10 heteroatoms. The van der Waals surface area contributed by atoms with Gasteiger partial charge in [-0.05, 0) is 77.7 Å². The van der Waals surface area contributed by atoms with Gasteiger partial charge in [0.1, 0.15) is 6.61 Å². The number of rotatable bonds is 43. The van der Waals surface area contributed by atoms with Gasteiger partial charge in [0.2, 0.25) is 0 Å². The zero-order valence-electron chi connectivity index (χ0n) is 36.3. The van der Waals surface area contributed by atoms with Crippen LogP contribution in [-0.4, -0.2) is 56.3 Å². The quantitative estimate of drug-likeness (QED) is 0.0268. The number of phosphoric acid groups is 1. The molecule has 2 N–H and O–H groups in total. The van der Waals surface area contributed by atoms with Gasteiger partial charge in [0.15, 0.2) is 6.10 Å². The van der Waals surface area contributed by atoms with Crippen LogP contribution in [0.4, 0.5) is 0 Å². The van der Waals surface area contributed by atoms with E-state index in [1.807, 2.05) is 0 Å². The second-order valence-corrected chi connectivity index (χ2v) is 16.7. The largest absolute Gasteiger partial charge is 0.472 e. The fourth-order valence-electron chi connectivity index (χ4n) is 6.22. The Bertz CT molecular complexity index is 1020. The average molecular weight is 812 g/mol. The molecule has 0 radical (unpaired) electrons. The van der Waals surface area contributed by atoms with Gasteiger partial charge in [-0.25, -0.2) is 4.57 Å². The summed E-state index contributed by atoms with van der Waals surface area (Å²) in [5.74, 6) is -0.813. The molecular formula is C46H86NO8P. The van der Waals surface area contributed by atoms with E-state index in [1.165, 1.54) is 116 Å². The number of unbranched alkanes of at least 4 members (excludes halogenated alkanes) is 23. The Hall–Kier alpha value is -1.77. The van der Waals surface area contributed by atoms with Gasteiger partial charge in [-0.1, -0.05) is 159 Å². The number of hydrogen-bond donors (Lipinski definition) is 2. The van der Waals surface area contributed by atoms with Gasteiger partial charge in [0.25, 0.3) is 0 Å². The molecule has 0 aliphatic rings. The molecule has 0 saturated carbocycles. The average Bonchev–Trinajstić information content (AvgIpc) is 3.18. The third kappa shape index (κ3) is 41.9. The predicted molar refractivity (Wildman–Crippen MR) is 234 cm³/mol. The number of hydrogen-bond acceptors (Lipinski definition) is 8. The minimum absolute atomic E-state index is 0.0184. The van der Waals surface area contributed by atoms with Gasteiger partial charge >= 0.3 is 19.8 Å². The van der Waals surface area contributed by atoms with Crippen LogP contribution >= 0.6 is 7.82 Å². The predicted octanol–water partition coefficient (Wildman–Crippen LogP) is 13.2. The highest BCUT2D eigenvalue weighted by molar-refractivity contribution is 7.47. The van der Waals surface area contributed by atoms with Crippen LogP contribution in [0.25, 0.3) is 0 Å². The molecule has 0 saturated heterocycles. The highest BCUT2D eigenvalue weighted by Crippen LogP contribution is 2.43. The van der Waals surface area contributed by atoms with Crippen molar-refractivity contribution < 1.29 is 37.6 Å². The SMILES string of the molecule is CCCCC/C=C\C/C=C\CCCCCCCCCCCC(=O)OC(COC(=O)CCCCCCCCC/C=C\CCCCCC)COP(=O)(O)OCCNC. The van der Waals surface area contributed by atoms with Gasteiger partial charge in [-0.15, -0.1) is 0 Å². The number of nitrogens with one attached hydrogen (secondary N) is 1. The maximum atomic E-state index is 12.6. The Balaban J connectivity index is 4.19. The minimum atomic E-state index is -4.35.